The van der Waals surface area contributed by atoms with E-state index in [0.717, 1.165) is 44.8 Å². The van der Waals surface area contributed by atoms with Crippen molar-refractivity contribution >= 4 is 116 Å². The van der Waals surface area contributed by atoms with Gasteiger partial charge in [0.15, 0.2) is 43.0 Å². The molecule has 0 unspecified atom stereocenters. The van der Waals surface area contributed by atoms with Crippen molar-refractivity contribution in [3.63, 3.8) is 0 Å². The van der Waals surface area contributed by atoms with Gasteiger partial charge in [0.2, 0.25) is 0 Å². The number of ether oxygens (including phenoxy) is 5. The Morgan fingerprint density at radius 1 is 0.480 bits per heavy atom. The van der Waals surface area contributed by atoms with Gasteiger partial charge >= 0.3 is 29.8 Å². The van der Waals surface area contributed by atoms with E-state index in [0.29, 0.717) is 79.3 Å². The number of aryl methyl sites for hydroxylation is 3. The van der Waals surface area contributed by atoms with E-state index in [1.807, 2.05) is 38.1 Å². The van der Waals surface area contributed by atoms with Gasteiger partial charge in [-0.15, -0.1) is 26.3 Å². The van der Waals surface area contributed by atoms with Crippen LogP contribution in [0.1, 0.15) is 56.7 Å². The van der Waals surface area contributed by atoms with Crippen molar-refractivity contribution < 1.29 is 55.1 Å². The van der Waals surface area contributed by atoms with E-state index in [2.05, 4.69) is 84.1 Å². The van der Waals surface area contributed by atoms with Crippen LogP contribution in [-0.4, -0.2) is 106 Å². The number of rotatable bonds is 21. The number of aliphatic hydroxyl groups excluding tert-OH is 1. The Morgan fingerprint density at radius 3 is 1.25 bits per heavy atom. The van der Waals surface area contributed by atoms with E-state index in [1.54, 1.807) is 76.3 Å². The summed E-state index contributed by atoms with van der Waals surface area (Å²) in [5.41, 5.74) is 1.99. The van der Waals surface area contributed by atoms with Crippen molar-refractivity contribution in [1.82, 2.24) is 56.5 Å². The van der Waals surface area contributed by atoms with E-state index in [-0.39, 0.29) is 85.2 Å². The fourth-order valence-corrected chi connectivity index (χ4v) is 10.9. The highest BCUT2D eigenvalue weighted by Gasteiger charge is 2.32. The first kappa shape index (κ1) is 80.7. The van der Waals surface area contributed by atoms with E-state index < -0.39 is 41.0 Å². The number of aliphatic hydroxyl groups is 1. The largest absolute Gasteiger partial charge is 0.573 e. The van der Waals surface area contributed by atoms with Gasteiger partial charge in [-0.05, 0) is 128 Å². The molecule has 546 valence electrons. The highest BCUT2D eigenvalue weighted by molar-refractivity contribution is 9.10. The van der Waals surface area contributed by atoms with E-state index >= 15 is 0 Å². The zero-order valence-electron chi connectivity index (χ0n) is 55.1. The third kappa shape index (κ3) is 21.7. The highest BCUT2D eigenvalue weighted by Crippen LogP contribution is 2.29. The number of aromatic amines is 1. The van der Waals surface area contributed by atoms with Crippen LogP contribution in [0.25, 0.3) is 33.5 Å². The minimum atomic E-state index is -4.82. The second-order valence-electron chi connectivity index (χ2n) is 21.7. The number of benzene rings is 5. The van der Waals surface area contributed by atoms with Gasteiger partial charge < -0.3 is 37.9 Å². The Bertz CT molecular complexity index is 5040. The molecule has 6 aromatic heterocycles. The molecule has 6 heterocycles. The van der Waals surface area contributed by atoms with Gasteiger partial charge in [0.05, 0.1) is 26.2 Å². The molecule has 0 radical (unpaired) electrons. The molecule has 36 heteroatoms. The molecule has 0 amide bonds. The van der Waals surface area contributed by atoms with Crippen molar-refractivity contribution in [2.24, 2.45) is 21.1 Å². The summed E-state index contributed by atoms with van der Waals surface area (Å²) in [6.07, 6.45) is -7.01. The molecule has 0 saturated carbocycles. The summed E-state index contributed by atoms with van der Waals surface area (Å²) in [5.74, 6) is -0.399. The number of halogens is 12. The number of fused-ring (bicyclic) bond motifs is 3. The van der Waals surface area contributed by atoms with Crippen LogP contribution < -0.4 is 57.4 Å². The highest BCUT2D eigenvalue weighted by atomic mass is 79.9. The first-order chi connectivity index (χ1) is 48.4. The normalized spacial score (nSPS) is 11.2. The molecule has 2 N–H and O–H groups in total. The smallest absolute Gasteiger partial charge is 0.491 e. The fourth-order valence-electron chi connectivity index (χ4n) is 9.59. The fraction of sp³-hybridized carbons (Fsp3) is 0.318. The Hall–Kier alpha value is -8.60. The molecule has 11 aromatic rings. The summed E-state index contributed by atoms with van der Waals surface area (Å²) in [5, 5.41) is 11.4. The Kier molecular flexibility index (Phi) is 29.3. The Balaban J connectivity index is 0.000000197. The van der Waals surface area contributed by atoms with Crippen molar-refractivity contribution in [2.45, 2.75) is 85.5 Å². The molecule has 0 aliphatic heterocycles. The van der Waals surface area contributed by atoms with Crippen molar-refractivity contribution in [1.29, 1.82) is 0 Å². The van der Waals surface area contributed by atoms with Gasteiger partial charge in [-0.2, -0.15) is 4.98 Å². The number of H-pyrrole nitrogens is 1. The van der Waals surface area contributed by atoms with Gasteiger partial charge in [-0.1, -0.05) is 120 Å². The maximum Gasteiger partial charge on any atom is 0.573 e. The SMILES string of the molecule is CCCBr.CCCn1c(=O)c2c(nc(Br)n2Cc2ccc(Cl)cc2)n(C)c1=O.CCCn1c(=O)c2c(nc(OCCOc3cccc(OC(F)(F)F)c3)n2Cc2ccc(Cl)cc2)n(C)c1=O.Cn1c(=O)[nH]c(=O)c2c1nc(Br)n2Cc1ccc(Cl)cc1.OCCOc1cccc(OC(F)(F)F)c1. The van der Waals surface area contributed by atoms with Crippen LogP contribution in [0.15, 0.2) is 160 Å². The number of imidazole rings is 3. The van der Waals surface area contributed by atoms with Crippen LogP contribution in [0.3, 0.4) is 0 Å². The van der Waals surface area contributed by atoms with E-state index in [4.69, 9.17) is 54.1 Å². The zero-order chi connectivity index (χ0) is 74.8. The van der Waals surface area contributed by atoms with Crippen molar-refractivity contribution in [3.8, 4) is 29.0 Å². The molecule has 0 spiro atoms. The number of nitrogens with zero attached hydrogens (tertiary/aromatic N) is 11. The van der Waals surface area contributed by atoms with Gasteiger partial charge in [0.25, 0.3) is 22.7 Å². The summed E-state index contributed by atoms with van der Waals surface area (Å²) < 4.78 is 109. The molecule has 5 aromatic carbocycles. The van der Waals surface area contributed by atoms with Crippen LogP contribution in [0.4, 0.5) is 26.3 Å². The molecule has 0 saturated heterocycles. The summed E-state index contributed by atoms with van der Waals surface area (Å²) in [4.78, 5) is 90.2. The van der Waals surface area contributed by atoms with Gasteiger partial charge in [0, 0.05) is 66.8 Å². The lowest BCUT2D eigenvalue weighted by Gasteiger charge is -2.12. The third-order valence-corrected chi connectivity index (χ3v) is 17.0. The third-order valence-electron chi connectivity index (χ3n) is 14.2. The van der Waals surface area contributed by atoms with E-state index in [1.165, 1.54) is 62.1 Å². The number of alkyl halides is 7. The minimum Gasteiger partial charge on any atom is -0.491 e. The summed E-state index contributed by atoms with van der Waals surface area (Å²) >= 11 is 27.8. The molecule has 102 heavy (non-hydrogen) atoms. The molecular weight excluding hydrogens is 1610 g/mol. The van der Waals surface area contributed by atoms with E-state index in [9.17, 15) is 55.1 Å². The lowest BCUT2D eigenvalue weighted by molar-refractivity contribution is -0.275. The zero-order valence-corrected chi connectivity index (χ0v) is 62.2. The Labute approximate surface area is 616 Å². The molecule has 0 bridgehead atoms. The topological polar surface area (TPSA) is 263 Å². The summed E-state index contributed by atoms with van der Waals surface area (Å²) in [7, 11) is 4.72. The molecule has 0 aliphatic rings. The average molecular weight is 1680 g/mol. The van der Waals surface area contributed by atoms with Crippen molar-refractivity contribution in [2.75, 3.05) is 31.8 Å². The van der Waals surface area contributed by atoms with Crippen LogP contribution >= 0.6 is 82.6 Å². The summed E-state index contributed by atoms with van der Waals surface area (Å²) in [6.45, 7) is 7.37. The molecule has 24 nitrogen and oxygen atoms in total. The van der Waals surface area contributed by atoms with Gasteiger partial charge in [-0.3, -0.25) is 46.8 Å². The molecular formula is C66H66Br3Cl3F6N12O12. The molecule has 0 atom stereocenters. The van der Waals surface area contributed by atoms with Crippen LogP contribution in [0, 0.1) is 0 Å². The van der Waals surface area contributed by atoms with Crippen LogP contribution in [0.2, 0.25) is 15.1 Å². The molecule has 0 aliphatic carbocycles. The quantitative estimate of drug-likeness (QED) is 0.0293. The van der Waals surface area contributed by atoms with Gasteiger partial charge in [-0.25, -0.2) is 24.4 Å². The number of nitrogens with one attached hydrogen (secondary N) is 1. The predicted molar refractivity (Wildman–Crippen MR) is 386 cm³/mol. The number of hydrogen-bond donors (Lipinski definition) is 2. The number of aromatic nitrogens is 12. The molecule has 11 rings (SSSR count). The maximum atomic E-state index is 13.3. The number of hydrogen-bond acceptors (Lipinski definition) is 15. The monoisotopic (exact) mass is 1670 g/mol. The van der Waals surface area contributed by atoms with Crippen molar-refractivity contribution in [3.05, 3.63) is 225 Å². The predicted octanol–water partition coefficient (Wildman–Crippen LogP) is 12.8. The summed E-state index contributed by atoms with van der Waals surface area (Å²) in [6, 6.07) is 32.0. The Morgan fingerprint density at radius 2 is 0.843 bits per heavy atom. The molecule has 0 fully saturated rings. The van der Waals surface area contributed by atoms with Crippen LogP contribution in [0.5, 0.6) is 29.0 Å². The van der Waals surface area contributed by atoms with Gasteiger partial charge in [0.1, 0.15) is 42.8 Å². The lowest BCUT2D eigenvalue weighted by atomic mass is 10.2. The second kappa shape index (κ2) is 37.0. The maximum absolute atomic E-state index is 13.3. The minimum absolute atomic E-state index is 0.0233. The first-order valence-electron chi connectivity index (χ1n) is 30.8. The van der Waals surface area contributed by atoms with Crippen LogP contribution in [-0.2, 0) is 53.9 Å². The second-order valence-corrected chi connectivity index (χ2v) is 25.2. The standard InChI is InChI=1S/C25H24ClF3N4O5.C16H16BrClN4O2.C13H10BrClN4O2.C9H9F3O3.C3H7Br/c1-3-11-32-22(34)20-21(31(2)24(32)35)30-23(33(20)15-16-7-9-17(26)10-8-16)37-13-12-36-18-5-4-6-19(14-18)38-25(27,28)29;1-3-8-21-14(23)12-13(20(2)16(21)24)19-15(17)22(12)9-10-4-6-11(18)7-5-10;1-18-10-9(11(20)17-13(18)21)19(12(14)16-10)6-7-2-4-8(15)5-3-7;10-9(11,12)15-8-3-1-2-7(6-8)14-5-4-13;1-2-3-4/h4-10,14H,3,11-13,15H2,1-2H3;4-7H,3,8-9H2,1-2H3;2-5H,6H2,1H3,(H,17,20,21);1-3,6,13H,4-5H2;2-3H2,1H3. The first-order valence-corrected chi connectivity index (χ1v) is 34.7. The average Bonchev–Trinajstić information content (AvgIpc) is 1.60. The lowest BCUT2D eigenvalue weighted by Crippen LogP contribution is -2.39.